The summed E-state index contributed by atoms with van der Waals surface area (Å²) >= 11 is 7.93. The van der Waals surface area contributed by atoms with Gasteiger partial charge in [-0.25, -0.2) is 0 Å². The first-order chi connectivity index (χ1) is 9.11. The number of hydrogen-bond acceptors (Lipinski definition) is 2. The number of halogens is 2. The molecule has 0 saturated heterocycles. The first-order valence-corrected chi connectivity index (χ1v) is 9.05. The second-order valence-corrected chi connectivity index (χ2v) is 7.92. The lowest BCUT2D eigenvalue weighted by atomic mass is 10.1. The number of rotatable bonds is 5. The van der Waals surface area contributed by atoms with E-state index in [0.29, 0.717) is 0 Å². The molecule has 1 heterocycles. The third kappa shape index (κ3) is 4.03. The predicted octanol–water partition coefficient (Wildman–Crippen LogP) is 5.51. The van der Waals surface area contributed by atoms with E-state index >= 15 is 0 Å². The zero-order chi connectivity index (χ0) is 13.8. The van der Waals surface area contributed by atoms with E-state index < -0.39 is 0 Å². The topological polar surface area (TPSA) is 12.0 Å². The minimum absolute atomic E-state index is 0.280. The molecule has 1 aromatic carbocycles. The van der Waals surface area contributed by atoms with E-state index in [4.69, 9.17) is 0 Å². The highest BCUT2D eigenvalue weighted by molar-refractivity contribution is 14.1. The van der Waals surface area contributed by atoms with E-state index in [-0.39, 0.29) is 6.04 Å². The Morgan fingerprint density at radius 1 is 1.32 bits per heavy atom. The van der Waals surface area contributed by atoms with Gasteiger partial charge in [-0.05, 0) is 78.4 Å². The van der Waals surface area contributed by atoms with Gasteiger partial charge in [0, 0.05) is 17.8 Å². The average molecular weight is 450 g/mol. The van der Waals surface area contributed by atoms with E-state index in [0.717, 1.165) is 13.0 Å². The molecular formula is C15H17BrINS. The smallest absolute Gasteiger partial charge is 0.0682 e. The zero-order valence-corrected chi connectivity index (χ0v) is 15.6. The number of hydrogen-bond donors (Lipinski definition) is 1. The molecule has 0 saturated carbocycles. The number of aryl methyl sites for hydroxylation is 1. The molecule has 0 radical (unpaired) electrons. The summed E-state index contributed by atoms with van der Waals surface area (Å²) in [5.41, 5.74) is 1.32. The van der Waals surface area contributed by atoms with Crippen LogP contribution in [0.1, 0.15) is 34.7 Å². The maximum Gasteiger partial charge on any atom is 0.0682 e. The van der Waals surface area contributed by atoms with Crippen molar-refractivity contribution in [2.45, 2.75) is 26.3 Å². The highest BCUT2D eigenvalue weighted by Crippen LogP contribution is 2.33. The third-order valence-electron chi connectivity index (χ3n) is 2.91. The lowest BCUT2D eigenvalue weighted by Gasteiger charge is -2.19. The van der Waals surface area contributed by atoms with Crippen LogP contribution in [0.3, 0.4) is 0 Å². The minimum atomic E-state index is 0.280. The summed E-state index contributed by atoms with van der Waals surface area (Å²) in [5.74, 6) is 0. The molecule has 1 N–H and O–H groups in total. The molecule has 0 aliphatic rings. The Labute approximate surface area is 141 Å². The van der Waals surface area contributed by atoms with Crippen molar-refractivity contribution in [3.05, 3.63) is 53.7 Å². The summed E-state index contributed by atoms with van der Waals surface area (Å²) in [6, 6.07) is 11.2. The van der Waals surface area contributed by atoms with Crippen molar-refractivity contribution in [2.24, 2.45) is 0 Å². The van der Waals surface area contributed by atoms with Crippen LogP contribution in [-0.4, -0.2) is 6.54 Å². The van der Waals surface area contributed by atoms with Crippen molar-refractivity contribution < 1.29 is 0 Å². The summed E-state index contributed by atoms with van der Waals surface area (Å²) in [7, 11) is 0. The van der Waals surface area contributed by atoms with E-state index in [1.165, 1.54) is 23.4 Å². The van der Waals surface area contributed by atoms with Crippen molar-refractivity contribution in [2.75, 3.05) is 6.54 Å². The Morgan fingerprint density at radius 2 is 2.11 bits per heavy atom. The van der Waals surface area contributed by atoms with Crippen molar-refractivity contribution in [3.8, 4) is 0 Å². The number of benzene rings is 1. The molecule has 102 valence electrons. The van der Waals surface area contributed by atoms with Gasteiger partial charge in [0.25, 0.3) is 0 Å². The van der Waals surface area contributed by atoms with Crippen LogP contribution in [0.5, 0.6) is 0 Å². The van der Waals surface area contributed by atoms with E-state index in [9.17, 15) is 0 Å². The van der Waals surface area contributed by atoms with Crippen LogP contribution < -0.4 is 5.32 Å². The normalized spacial score (nSPS) is 12.6. The molecule has 2 rings (SSSR count). The molecule has 19 heavy (non-hydrogen) atoms. The standard InChI is InChI=1S/C15H17BrINS/c1-3-8-18-15(14-7-4-10(2)19-14)12-9-11(17)5-6-13(12)16/h4-7,9,15,18H,3,8H2,1-2H3. The second kappa shape index (κ2) is 7.20. The average Bonchev–Trinajstić information content (AvgIpc) is 2.80. The molecule has 0 aliphatic heterocycles. The van der Waals surface area contributed by atoms with Crippen LogP contribution >= 0.6 is 49.9 Å². The van der Waals surface area contributed by atoms with Crippen LogP contribution in [0.4, 0.5) is 0 Å². The largest absolute Gasteiger partial charge is 0.306 e. The molecule has 0 amide bonds. The van der Waals surface area contributed by atoms with Gasteiger partial charge >= 0.3 is 0 Å². The monoisotopic (exact) mass is 449 g/mol. The van der Waals surface area contributed by atoms with Crippen LogP contribution in [0.15, 0.2) is 34.8 Å². The van der Waals surface area contributed by atoms with E-state index in [1.54, 1.807) is 0 Å². The van der Waals surface area contributed by atoms with Crippen molar-refractivity contribution >= 4 is 49.9 Å². The van der Waals surface area contributed by atoms with Gasteiger partial charge in [0.15, 0.2) is 0 Å². The summed E-state index contributed by atoms with van der Waals surface area (Å²) in [6.45, 7) is 5.39. The fourth-order valence-electron chi connectivity index (χ4n) is 2.00. The minimum Gasteiger partial charge on any atom is -0.306 e. The Hall–Kier alpha value is 0.0900. The van der Waals surface area contributed by atoms with E-state index in [2.05, 4.69) is 88.0 Å². The van der Waals surface area contributed by atoms with Gasteiger partial charge in [0.1, 0.15) is 0 Å². The zero-order valence-electron chi connectivity index (χ0n) is 11.0. The molecule has 4 heteroatoms. The van der Waals surface area contributed by atoms with Gasteiger partial charge in [-0.2, -0.15) is 0 Å². The van der Waals surface area contributed by atoms with Gasteiger partial charge in [0.05, 0.1) is 6.04 Å². The summed E-state index contributed by atoms with van der Waals surface area (Å²) in [5, 5.41) is 3.66. The molecule has 0 fully saturated rings. The van der Waals surface area contributed by atoms with Crippen molar-refractivity contribution in [1.29, 1.82) is 0 Å². The maximum absolute atomic E-state index is 3.69. The van der Waals surface area contributed by atoms with Crippen molar-refractivity contribution in [1.82, 2.24) is 5.32 Å². The quantitative estimate of drug-likeness (QED) is 0.593. The highest BCUT2D eigenvalue weighted by atomic mass is 127. The lowest BCUT2D eigenvalue weighted by Crippen LogP contribution is -2.22. The Balaban J connectivity index is 2.39. The maximum atomic E-state index is 3.69. The summed E-state index contributed by atoms with van der Waals surface area (Å²) in [4.78, 5) is 2.74. The summed E-state index contributed by atoms with van der Waals surface area (Å²) < 4.78 is 2.44. The van der Waals surface area contributed by atoms with Gasteiger partial charge in [-0.3, -0.25) is 0 Å². The fraction of sp³-hybridized carbons (Fsp3) is 0.333. The highest BCUT2D eigenvalue weighted by Gasteiger charge is 2.18. The predicted molar refractivity (Wildman–Crippen MR) is 96.1 cm³/mol. The Kier molecular flexibility index (Phi) is 5.87. The Morgan fingerprint density at radius 3 is 2.74 bits per heavy atom. The van der Waals surface area contributed by atoms with Gasteiger partial charge in [-0.1, -0.05) is 22.9 Å². The molecule has 0 aliphatic carbocycles. The second-order valence-electron chi connectivity index (χ2n) is 4.50. The molecule has 1 atom stereocenters. The van der Waals surface area contributed by atoms with Gasteiger partial charge < -0.3 is 5.32 Å². The molecule has 1 unspecified atom stereocenters. The van der Waals surface area contributed by atoms with Crippen LogP contribution in [0.2, 0.25) is 0 Å². The number of thiophene rings is 1. The van der Waals surface area contributed by atoms with Crippen molar-refractivity contribution in [3.63, 3.8) is 0 Å². The molecule has 1 aromatic heterocycles. The number of nitrogens with one attached hydrogen (secondary N) is 1. The van der Waals surface area contributed by atoms with Gasteiger partial charge in [-0.15, -0.1) is 11.3 Å². The lowest BCUT2D eigenvalue weighted by molar-refractivity contribution is 0.604. The SMILES string of the molecule is CCCNC(c1ccc(C)s1)c1cc(I)ccc1Br. The molecule has 0 spiro atoms. The van der Waals surface area contributed by atoms with Crippen LogP contribution in [0, 0.1) is 10.5 Å². The third-order valence-corrected chi connectivity index (χ3v) is 5.37. The summed E-state index contributed by atoms with van der Waals surface area (Å²) in [6.07, 6.45) is 1.14. The first kappa shape index (κ1) is 15.5. The molecule has 0 bridgehead atoms. The molecule has 2 aromatic rings. The first-order valence-electron chi connectivity index (χ1n) is 6.36. The van der Waals surface area contributed by atoms with Crippen LogP contribution in [-0.2, 0) is 0 Å². The van der Waals surface area contributed by atoms with Gasteiger partial charge in [0.2, 0.25) is 0 Å². The van der Waals surface area contributed by atoms with Crippen LogP contribution in [0.25, 0.3) is 0 Å². The molecule has 1 nitrogen and oxygen atoms in total. The fourth-order valence-corrected chi connectivity index (χ4v) is 3.96. The molecular weight excluding hydrogens is 433 g/mol. The van der Waals surface area contributed by atoms with E-state index in [1.807, 2.05) is 11.3 Å². The Bertz CT molecular complexity index is 553.